The van der Waals surface area contributed by atoms with Gasteiger partial charge in [0, 0.05) is 5.39 Å². The third kappa shape index (κ3) is 7.23. The van der Waals surface area contributed by atoms with Crippen molar-refractivity contribution in [3.8, 4) is 5.75 Å². The zero-order valence-corrected chi connectivity index (χ0v) is 27.0. The number of aryl methyl sites for hydroxylation is 2. The lowest BCUT2D eigenvalue weighted by atomic mass is 10.1. The van der Waals surface area contributed by atoms with Gasteiger partial charge in [0.25, 0.3) is 0 Å². The average Bonchev–Trinajstić information content (AvgIpc) is 3.03. The number of unbranched alkanes of at least 4 members (excludes halogenated alkanes) is 1. The maximum atomic E-state index is 13.3. The van der Waals surface area contributed by atoms with Gasteiger partial charge in [0.15, 0.2) is 5.75 Å². The van der Waals surface area contributed by atoms with Gasteiger partial charge in [-0.3, -0.25) is 0 Å². The molecule has 0 atom stereocenters. The van der Waals surface area contributed by atoms with E-state index in [2.05, 4.69) is 52.6 Å². The second kappa shape index (κ2) is 13.7. The van der Waals surface area contributed by atoms with Crippen LogP contribution in [0.2, 0.25) is 19.1 Å². The first-order valence-electron chi connectivity index (χ1n) is 15.1. The molecule has 0 fully saturated rings. The number of rotatable bonds is 10. The summed E-state index contributed by atoms with van der Waals surface area (Å²) in [6.45, 7) is 11.0. The topological polar surface area (TPSA) is 75.7 Å². The highest BCUT2D eigenvalue weighted by molar-refractivity contribution is 6.89. The van der Waals surface area contributed by atoms with Crippen molar-refractivity contribution in [2.45, 2.75) is 52.8 Å². The molecule has 0 aromatic heterocycles. The molecule has 0 unspecified atom stereocenters. The van der Waals surface area contributed by atoms with E-state index in [1.807, 2.05) is 98.8 Å². The van der Waals surface area contributed by atoms with Gasteiger partial charge in [0.1, 0.15) is 5.69 Å². The van der Waals surface area contributed by atoms with Crippen LogP contribution in [0, 0.1) is 13.8 Å². The first-order valence-corrected chi connectivity index (χ1v) is 18.3. The molecule has 0 amide bonds. The van der Waals surface area contributed by atoms with Gasteiger partial charge in [-0.2, -0.15) is 15.3 Å². The number of carbonyl (C=O) groups is 1. The number of azo groups is 2. The Morgan fingerprint density at radius 3 is 2.18 bits per heavy atom. The molecule has 0 spiro atoms. The molecule has 0 aliphatic heterocycles. The van der Waals surface area contributed by atoms with Gasteiger partial charge in [0.2, 0.25) is 0 Å². The summed E-state index contributed by atoms with van der Waals surface area (Å²) >= 11 is 0. The van der Waals surface area contributed by atoms with Crippen LogP contribution in [0.15, 0.2) is 124 Å². The Labute approximate surface area is 260 Å². The van der Waals surface area contributed by atoms with E-state index in [1.54, 1.807) is 6.07 Å². The summed E-state index contributed by atoms with van der Waals surface area (Å²) in [4.78, 5) is 13.3. The second-order valence-electron chi connectivity index (χ2n) is 11.7. The highest BCUT2D eigenvalue weighted by Gasteiger charge is 2.23. The lowest BCUT2D eigenvalue weighted by molar-refractivity contribution is 0.0735. The van der Waals surface area contributed by atoms with Gasteiger partial charge in [0.05, 0.1) is 30.7 Å². The summed E-state index contributed by atoms with van der Waals surface area (Å²) in [5, 5.41) is 21.2. The molecule has 222 valence electrons. The Balaban J connectivity index is 1.39. The molecule has 0 saturated carbocycles. The minimum Gasteiger partial charge on any atom is -0.421 e. The molecule has 5 aromatic rings. The van der Waals surface area contributed by atoms with Crippen LogP contribution in [0.4, 0.5) is 22.7 Å². The smallest absolute Gasteiger partial charge is 0.343 e. The fraction of sp³-hybridized carbons (Fsp3) is 0.216. The second-order valence-corrected chi connectivity index (χ2v) is 16.6. The molecule has 6 nitrogen and oxygen atoms in total. The van der Waals surface area contributed by atoms with Gasteiger partial charge in [-0.05, 0) is 72.8 Å². The zero-order valence-electron chi connectivity index (χ0n) is 26.0. The Hall–Kier alpha value is -4.75. The molecule has 0 heterocycles. The SMILES string of the molecule is CCCC[Si](C)(C)c1ccc(C(=O)Oc2ccc3ccccc3c2N=Nc2ccc(N=Nc3ccccc3C)cc2C)cc1. The Bertz CT molecular complexity index is 1850. The Morgan fingerprint density at radius 1 is 0.727 bits per heavy atom. The van der Waals surface area contributed by atoms with Crippen molar-refractivity contribution in [2.24, 2.45) is 20.5 Å². The predicted octanol–water partition coefficient (Wildman–Crippen LogP) is 11.2. The molecule has 0 aliphatic rings. The van der Waals surface area contributed by atoms with Gasteiger partial charge in [-0.15, -0.1) is 5.11 Å². The van der Waals surface area contributed by atoms with Crippen molar-refractivity contribution in [1.82, 2.24) is 0 Å². The van der Waals surface area contributed by atoms with Gasteiger partial charge in [-0.25, -0.2) is 4.79 Å². The van der Waals surface area contributed by atoms with Crippen molar-refractivity contribution in [3.05, 3.63) is 120 Å². The Kier molecular flexibility index (Phi) is 9.55. The number of carbonyl (C=O) groups excluding carboxylic acids is 1. The van der Waals surface area contributed by atoms with Gasteiger partial charge in [-0.1, -0.05) is 105 Å². The number of hydrogen-bond donors (Lipinski definition) is 0. The van der Waals surface area contributed by atoms with Crippen molar-refractivity contribution < 1.29 is 9.53 Å². The summed E-state index contributed by atoms with van der Waals surface area (Å²) in [5.74, 6) is -0.0589. The zero-order chi connectivity index (χ0) is 31.1. The van der Waals surface area contributed by atoms with E-state index in [-0.39, 0.29) is 0 Å². The normalized spacial score (nSPS) is 11.9. The van der Waals surface area contributed by atoms with Crippen LogP contribution in [0.5, 0.6) is 5.75 Å². The van der Waals surface area contributed by atoms with E-state index in [0.29, 0.717) is 22.7 Å². The molecule has 44 heavy (non-hydrogen) atoms. The molecule has 5 rings (SSSR count). The quantitative estimate of drug-likeness (QED) is 0.0694. The number of hydrogen-bond acceptors (Lipinski definition) is 6. The summed E-state index contributed by atoms with van der Waals surface area (Å²) in [5.41, 5.74) is 5.23. The molecule has 0 N–H and O–H groups in total. The van der Waals surface area contributed by atoms with Gasteiger partial charge < -0.3 is 4.74 Å². The van der Waals surface area contributed by atoms with Crippen molar-refractivity contribution in [3.63, 3.8) is 0 Å². The van der Waals surface area contributed by atoms with Crippen LogP contribution in [0.3, 0.4) is 0 Å². The molecule has 7 heteroatoms. The largest absolute Gasteiger partial charge is 0.421 e. The molecule has 0 aliphatic carbocycles. The molecule has 5 aromatic carbocycles. The lowest BCUT2D eigenvalue weighted by Gasteiger charge is -2.22. The minimum absolute atomic E-state index is 0.362. The first-order chi connectivity index (χ1) is 21.2. The van der Waals surface area contributed by atoms with Crippen LogP contribution < -0.4 is 9.92 Å². The van der Waals surface area contributed by atoms with E-state index in [9.17, 15) is 4.79 Å². The molecule has 0 bridgehead atoms. The van der Waals surface area contributed by atoms with E-state index >= 15 is 0 Å². The minimum atomic E-state index is -1.54. The van der Waals surface area contributed by atoms with E-state index in [0.717, 1.165) is 33.3 Å². The first kappa shape index (κ1) is 30.7. The monoisotopic (exact) mass is 598 g/mol. The van der Waals surface area contributed by atoms with E-state index in [4.69, 9.17) is 4.74 Å². The number of fused-ring (bicyclic) bond motifs is 1. The average molecular weight is 599 g/mol. The molecule has 0 radical (unpaired) electrons. The molecular weight excluding hydrogens is 561 g/mol. The van der Waals surface area contributed by atoms with Crippen LogP contribution in [0.25, 0.3) is 10.8 Å². The van der Waals surface area contributed by atoms with Crippen LogP contribution in [-0.2, 0) is 0 Å². The summed E-state index contributed by atoms with van der Waals surface area (Å²) < 4.78 is 5.94. The molecular formula is C37H38N4O2Si. The van der Waals surface area contributed by atoms with Crippen LogP contribution in [0.1, 0.15) is 41.3 Å². The van der Waals surface area contributed by atoms with Crippen molar-refractivity contribution in [2.75, 3.05) is 0 Å². The maximum Gasteiger partial charge on any atom is 0.343 e. The van der Waals surface area contributed by atoms with Gasteiger partial charge >= 0.3 is 5.97 Å². The fourth-order valence-corrected chi connectivity index (χ4v) is 7.70. The van der Waals surface area contributed by atoms with E-state index in [1.165, 1.54) is 24.1 Å². The highest BCUT2D eigenvalue weighted by Crippen LogP contribution is 2.38. The summed E-state index contributed by atoms with van der Waals surface area (Å²) in [6, 6.07) is 34.3. The number of nitrogens with zero attached hydrogens (tertiary/aromatic N) is 4. The summed E-state index contributed by atoms with van der Waals surface area (Å²) in [6.07, 6.45) is 2.42. The number of ether oxygens (including phenoxy) is 1. The van der Waals surface area contributed by atoms with Crippen LogP contribution >= 0.6 is 0 Å². The number of benzene rings is 5. The summed E-state index contributed by atoms with van der Waals surface area (Å²) in [7, 11) is -1.54. The predicted molar refractivity (Wildman–Crippen MR) is 183 cm³/mol. The Morgan fingerprint density at radius 2 is 1.43 bits per heavy atom. The van der Waals surface area contributed by atoms with Crippen molar-refractivity contribution in [1.29, 1.82) is 0 Å². The fourth-order valence-electron chi connectivity index (χ4n) is 5.11. The standard InChI is InChI=1S/C37H38N4O2Si/c1-6-7-24-44(4,5)31-20-16-29(17-21-31)37(42)43-35-23-18-28-13-9-10-14-32(28)36(35)41-40-34-22-19-30(25-27(34)3)38-39-33-15-11-8-12-26(33)2/h8-23,25H,6-7,24H2,1-5H3. The molecule has 0 saturated heterocycles. The van der Waals surface area contributed by atoms with Crippen molar-refractivity contribution >= 4 is 52.8 Å². The third-order valence-electron chi connectivity index (χ3n) is 7.95. The van der Waals surface area contributed by atoms with Crippen LogP contribution in [-0.4, -0.2) is 14.0 Å². The number of esters is 1. The maximum absolute atomic E-state index is 13.3. The highest BCUT2D eigenvalue weighted by atomic mass is 28.3. The van der Waals surface area contributed by atoms with E-state index < -0.39 is 14.0 Å². The lowest BCUT2D eigenvalue weighted by Crippen LogP contribution is -2.41. The third-order valence-corrected chi connectivity index (χ3v) is 11.5.